The third kappa shape index (κ3) is 3.73. The molecule has 108 valence electrons. The molecule has 4 nitrogen and oxygen atoms in total. The van der Waals surface area contributed by atoms with Crippen LogP contribution in [0.2, 0.25) is 5.02 Å². The number of nitrogen functional groups attached to an aromatic ring is 1. The molecule has 0 radical (unpaired) electrons. The van der Waals surface area contributed by atoms with Gasteiger partial charge in [0.05, 0.1) is 5.69 Å². The van der Waals surface area contributed by atoms with E-state index in [9.17, 15) is 8.42 Å². The fourth-order valence-electron chi connectivity index (χ4n) is 1.84. The van der Waals surface area contributed by atoms with Gasteiger partial charge in [-0.15, -0.1) is 11.3 Å². The lowest BCUT2D eigenvalue weighted by molar-refractivity contribution is 0.561. The minimum Gasteiger partial charge on any atom is -0.398 e. The third-order valence-corrected chi connectivity index (χ3v) is 5.49. The summed E-state index contributed by atoms with van der Waals surface area (Å²) in [5.41, 5.74) is 5.90. The van der Waals surface area contributed by atoms with E-state index in [1.54, 1.807) is 17.4 Å². The van der Waals surface area contributed by atoms with Crippen LogP contribution in [0.4, 0.5) is 5.69 Å². The van der Waals surface area contributed by atoms with E-state index in [1.807, 2.05) is 24.4 Å². The first-order valence-corrected chi connectivity index (χ1v) is 8.72. The number of nitrogens with one attached hydrogen (secondary N) is 1. The van der Waals surface area contributed by atoms with Gasteiger partial charge in [-0.05, 0) is 43.0 Å². The van der Waals surface area contributed by atoms with Crippen LogP contribution in [-0.2, 0) is 16.4 Å². The van der Waals surface area contributed by atoms with Crippen LogP contribution < -0.4 is 10.5 Å². The zero-order chi connectivity index (χ0) is 14.8. The minimum atomic E-state index is -3.67. The molecule has 0 fully saturated rings. The summed E-state index contributed by atoms with van der Waals surface area (Å²) in [4.78, 5) is 1.14. The van der Waals surface area contributed by atoms with Crippen molar-refractivity contribution in [3.8, 4) is 0 Å². The summed E-state index contributed by atoms with van der Waals surface area (Å²) in [5, 5.41) is 2.30. The van der Waals surface area contributed by atoms with Gasteiger partial charge in [-0.3, -0.25) is 0 Å². The monoisotopic (exact) mass is 330 g/mol. The first kappa shape index (κ1) is 15.3. The number of thiophene rings is 1. The van der Waals surface area contributed by atoms with Crippen molar-refractivity contribution in [3.63, 3.8) is 0 Å². The number of sulfonamides is 1. The lowest BCUT2D eigenvalue weighted by Gasteiger charge is -2.14. The van der Waals surface area contributed by atoms with Gasteiger partial charge < -0.3 is 5.73 Å². The molecule has 0 aliphatic heterocycles. The van der Waals surface area contributed by atoms with Crippen molar-refractivity contribution in [2.45, 2.75) is 24.3 Å². The molecule has 0 amide bonds. The summed E-state index contributed by atoms with van der Waals surface area (Å²) < 4.78 is 27.2. The topological polar surface area (TPSA) is 72.2 Å². The van der Waals surface area contributed by atoms with Crippen molar-refractivity contribution in [3.05, 3.63) is 45.6 Å². The van der Waals surface area contributed by atoms with Crippen LogP contribution in [-0.4, -0.2) is 14.5 Å². The first-order chi connectivity index (χ1) is 9.38. The average molecular weight is 331 g/mol. The highest BCUT2D eigenvalue weighted by molar-refractivity contribution is 7.89. The Morgan fingerprint density at radius 3 is 2.80 bits per heavy atom. The van der Waals surface area contributed by atoms with Crippen LogP contribution in [0.1, 0.15) is 11.8 Å². The average Bonchev–Trinajstić information content (AvgIpc) is 2.84. The Balaban J connectivity index is 2.16. The molecule has 1 atom stereocenters. The number of hydrogen-bond donors (Lipinski definition) is 2. The second-order valence-corrected chi connectivity index (χ2v) is 7.64. The van der Waals surface area contributed by atoms with Gasteiger partial charge in [0.1, 0.15) is 4.90 Å². The molecule has 1 unspecified atom stereocenters. The van der Waals surface area contributed by atoms with E-state index in [0.29, 0.717) is 11.4 Å². The van der Waals surface area contributed by atoms with Gasteiger partial charge in [0.25, 0.3) is 0 Å². The summed E-state index contributed by atoms with van der Waals surface area (Å²) in [5.74, 6) is 0. The Bertz CT molecular complexity index is 684. The number of halogens is 1. The molecule has 1 aromatic heterocycles. The standard InChI is InChI=1S/C13H15ClN2O2S2/c1-9(7-11-3-2-6-19-11)16-20(17,18)13-8-10(14)4-5-12(13)15/h2-6,8-9,16H,7,15H2,1H3. The molecule has 0 saturated carbocycles. The van der Waals surface area contributed by atoms with Gasteiger partial charge >= 0.3 is 0 Å². The lowest BCUT2D eigenvalue weighted by Crippen LogP contribution is -2.34. The quantitative estimate of drug-likeness (QED) is 0.828. The predicted octanol–water partition coefficient (Wildman–Crippen LogP) is 2.89. The van der Waals surface area contributed by atoms with E-state index in [4.69, 9.17) is 17.3 Å². The molecular formula is C13H15ClN2O2S2. The molecule has 2 rings (SSSR count). The van der Waals surface area contributed by atoms with E-state index < -0.39 is 10.0 Å². The highest BCUT2D eigenvalue weighted by Crippen LogP contribution is 2.23. The molecule has 1 heterocycles. The van der Waals surface area contributed by atoms with Crippen molar-refractivity contribution in [1.29, 1.82) is 0 Å². The van der Waals surface area contributed by atoms with Crippen molar-refractivity contribution in [1.82, 2.24) is 4.72 Å². The van der Waals surface area contributed by atoms with Crippen LogP contribution in [0.5, 0.6) is 0 Å². The Kier molecular flexibility index (Phi) is 4.70. The van der Waals surface area contributed by atoms with Crippen molar-refractivity contribution >= 4 is 38.6 Å². The Labute approximate surface area is 127 Å². The molecule has 0 spiro atoms. The van der Waals surface area contributed by atoms with E-state index in [2.05, 4.69) is 4.72 Å². The van der Waals surface area contributed by atoms with Crippen molar-refractivity contribution < 1.29 is 8.42 Å². The Morgan fingerprint density at radius 2 is 2.15 bits per heavy atom. The second kappa shape index (κ2) is 6.13. The molecule has 0 aliphatic carbocycles. The van der Waals surface area contributed by atoms with Crippen LogP contribution in [0, 0.1) is 0 Å². The zero-order valence-electron chi connectivity index (χ0n) is 10.8. The Morgan fingerprint density at radius 1 is 1.40 bits per heavy atom. The highest BCUT2D eigenvalue weighted by atomic mass is 35.5. The van der Waals surface area contributed by atoms with E-state index in [0.717, 1.165) is 4.88 Å². The van der Waals surface area contributed by atoms with Gasteiger partial charge in [-0.2, -0.15) is 0 Å². The number of nitrogens with two attached hydrogens (primary N) is 1. The Hall–Kier alpha value is -1.08. The lowest BCUT2D eigenvalue weighted by atomic mass is 10.2. The fraction of sp³-hybridized carbons (Fsp3) is 0.231. The number of benzene rings is 1. The summed E-state index contributed by atoms with van der Waals surface area (Å²) in [6.45, 7) is 1.82. The van der Waals surface area contributed by atoms with Gasteiger partial charge in [0.15, 0.2) is 0 Å². The molecule has 3 N–H and O–H groups in total. The van der Waals surface area contributed by atoms with Gasteiger partial charge in [0, 0.05) is 15.9 Å². The van der Waals surface area contributed by atoms with Crippen LogP contribution in [0.3, 0.4) is 0 Å². The van der Waals surface area contributed by atoms with Gasteiger partial charge in [-0.25, -0.2) is 13.1 Å². The SMILES string of the molecule is CC(Cc1cccs1)NS(=O)(=O)c1cc(Cl)ccc1N. The predicted molar refractivity (Wildman–Crippen MR) is 83.7 cm³/mol. The second-order valence-electron chi connectivity index (χ2n) is 4.49. The normalized spacial score (nSPS) is 13.3. The number of anilines is 1. The van der Waals surface area contributed by atoms with E-state index in [1.165, 1.54) is 12.1 Å². The van der Waals surface area contributed by atoms with Gasteiger partial charge in [-0.1, -0.05) is 17.7 Å². The van der Waals surface area contributed by atoms with E-state index >= 15 is 0 Å². The molecule has 1 aromatic carbocycles. The summed E-state index contributed by atoms with van der Waals surface area (Å²) in [6.07, 6.45) is 0.636. The molecule has 0 bridgehead atoms. The summed E-state index contributed by atoms with van der Waals surface area (Å²) in [7, 11) is -3.67. The molecule has 0 aliphatic rings. The van der Waals surface area contributed by atoms with Crippen LogP contribution in [0.25, 0.3) is 0 Å². The summed E-state index contributed by atoms with van der Waals surface area (Å²) in [6, 6.07) is 8.10. The zero-order valence-corrected chi connectivity index (χ0v) is 13.2. The van der Waals surface area contributed by atoms with Gasteiger partial charge in [0.2, 0.25) is 10.0 Å². The van der Waals surface area contributed by atoms with Crippen molar-refractivity contribution in [2.75, 3.05) is 5.73 Å². The highest BCUT2D eigenvalue weighted by Gasteiger charge is 2.20. The fourth-order valence-corrected chi connectivity index (χ4v) is 4.31. The largest absolute Gasteiger partial charge is 0.398 e. The molecule has 2 aromatic rings. The number of hydrogen-bond acceptors (Lipinski definition) is 4. The molecule has 20 heavy (non-hydrogen) atoms. The molecular weight excluding hydrogens is 316 g/mol. The molecule has 7 heteroatoms. The van der Waals surface area contributed by atoms with E-state index in [-0.39, 0.29) is 16.6 Å². The van der Waals surface area contributed by atoms with Crippen molar-refractivity contribution in [2.24, 2.45) is 0 Å². The first-order valence-electron chi connectivity index (χ1n) is 5.98. The third-order valence-electron chi connectivity index (χ3n) is 2.71. The smallest absolute Gasteiger partial charge is 0.242 e. The van der Waals surface area contributed by atoms with Crippen LogP contribution in [0.15, 0.2) is 40.6 Å². The van der Waals surface area contributed by atoms with Crippen LogP contribution >= 0.6 is 22.9 Å². The number of rotatable bonds is 5. The maximum atomic E-state index is 12.3. The maximum absolute atomic E-state index is 12.3. The summed E-state index contributed by atoms with van der Waals surface area (Å²) >= 11 is 7.43. The minimum absolute atomic E-state index is 0.0167. The molecule has 0 saturated heterocycles. The maximum Gasteiger partial charge on any atom is 0.242 e.